The summed E-state index contributed by atoms with van der Waals surface area (Å²) in [6.07, 6.45) is 0. The number of rotatable bonds is 3. The van der Waals surface area contributed by atoms with Crippen LogP contribution >= 0.6 is 47.8 Å². The minimum Gasteiger partial charge on any atom is -0.495 e. The molecule has 0 fully saturated rings. The number of hydrogen-bond donors (Lipinski definition) is 1. The fourth-order valence-electron chi connectivity index (χ4n) is 1.64. The van der Waals surface area contributed by atoms with Crippen LogP contribution in [-0.2, 0) is 0 Å². The highest BCUT2D eigenvalue weighted by molar-refractivity contribution is 9.11. The van der Waals surface area contributed by atoms with E-state index in [4.69, 9.17) is 4.74 Å². The molecule has 0 saturated carbocycles. The number of carbonyl (C=O) groups is 1. The topological polar surface area (TPSA) is 38.3 Å². The van der Waals surface area contributed by atoms with E-state index in [0.29, 0.717) is 17.0 Å². The molecule has 0 heterocycles. The molecule has 0 unspecified atom stereocenters. The largest absolute Gasteiger partial charge is 0.495 e. The van der Waals surface area contributed by atoms with Crippen LogP contribution < -0.4 is 10.1 Å². The Morgan fingerprint density at radius 1 is 1.05 bits per heavy atom. The van der Waals surface area contributed by atoms with E-state index in [1.54, 1.807) is 25.3 Å². The van der Waals surface area contributed by atoms with Gasteiger partial charge in [0.1, 0.15) is 5.75 Å². The van der Waals surface area contributed by atoms with Crippen molar-refractivity contribution in [3.8, 4) is 5.75 Å². The molecule has 0 aromatic heterocycles. The van der Waals surface area contributed by atoms with Crippen molar-refractivity contribution < 1.29 is 9.53 Å². The van der Waals surface area contributed by atoms with E-state index in [1.165, 1.54) is 0 Å². The van der Waals surface area contributed by atoms with E-state index < -0.39 is 0 Å². The molecule has 6 heteroatoms. The van der Waals surface area contributed by atoms with E-state index in [-0.39, 0.29) is 5.91 Å². The van der Waals surface area contributed by atoms with Crippen molar-refractivity contribution in [2.75, 3.05) is 12.4 Å². The Bertz CT molecular complexity index is 659. The first-order valence-corrected chi connectivity index (χ1v) is 7.99. The van der Waals surface area contributed by atoms with Crippen molar-refractivity contribution in [3.63, 3.8) is 0 Å². The second kappa shape index (κ2) is 6.74. The summed E-state index contributed by atoms with van der Waals surface area (Å²) >= 11 is 10.1. The smallest absolute Gasteiger partial charge is 0.256 e. The van der Waals surface area contributed by atoms with E-state index in [2.05, 4.69) is 53.1 Å². The van der Waals surface area contributed by atoms with E-state index >= 15 is 0 Å². The number of methoxy groups -OCH3 is 1. The lowest BCUT2D eigenvalue weighted by atomic mass is 10.2. The quantitative estimate of drug-likeness (QED) is 0.676. The Kier molecular flexibility index (Phi) is 5.23. The molecule has 104 valence electrons. The second-order valence-corrected chi connectivity index (χ2v) is 6.61. The average Bonchev–Trinajstić information content (AvgIpc) is 2.38. The van der Waals surface area contributed by atoms with Gasteiger partial charge in [-0.15, -0.1) is 0 Å². The lowest BCUT2D eigenvalue weighted by molar-refractivity contribution is 0.102. The SMILES string of the molecule is COc1ccc(Br)cc1NC(=O)c1ccc(Br)cc1Br. The molecule has 2 aromatic carbocycles. The van der Waals surface area contributed by atoms with Crippen LogP contribution in [0.1, 0.15) is 10.4 Å². The van der Waals surface area contributed by atoms with Gasteiger partial charge in [-0.3, -0.25) is 4.79 Å². The molecule has 0 aliphatic rings. The lowest BCUT2D eigenvalue weighted by Gasteiger charge is -2.11. The minimum absolute atomic E-state index is 0.208. The molecule has 0 saturated heterocycles. The first-order valence-electron chi connectivity index (χ1n) is 5.61. The maximum atomic E-state index is 12.3. The third-order valence-electron chi connectivity index (χ3n) is 2.59. The van der Waals surface area contributed by atoms with Crippen LogP contribution in [0.2, 0.25) is 0 Å². The first-order chi connectivity index (χ1) is 9.51. The van der Waals surface area contributed by atoms with Gasteiger partial charge in [0.05, 0.1) is 18.4 Å². The summed E-state index contributed by atoms with van der Waals surface area (Å²) in [6.45, 7) is 0. The summed E-state index contributed by atoms with van der Waals surface area (Å²) in [5.74, 6) is 0.399. The maximum absolute atomic E-state index is 12.3. The Balaban J connectivity index is 2.30. The van der Waals surface area contributed by atoms with Crippen LogP contribution in [0, 0.1) is 0 Å². The van der Waals surface area contributed by atoms with Gasteiger partial charge in [-0.1, -0.05) is 31.9 Å². The summed E-state index contributed by atoms with van der Waals surface area (Å²) in [4.78, 5) is 12.3. The molecule has 2 rings (SSSR count). The van der Waals surface area contributed by atoms with E-state index in [9.17, 15) is 4.79 Å². The molecule has 0 bridgehead atoms. The standard InChI is InChI=1S/C14H10Br3NO2/c1-20-13-5-3-9(16)7-12(13)18-14(19)10-4-2-8(15)6-11(10)17/h2-7H,1H3,(H,18,19). The molecular weight excluding hydrogens is 454 g/mol. The highest BCUT2D eigenvalue weighted by Gasteiger charge is 2.13. The van der Waals surface area contributed by atoms with Gasteiger partial charge in [-0.05, 0) is 52.3 Å². The van der Waals surface area contributed by atoms with E-state index in [1.807, 2.05) is 18.2 Å². The molecule has 0 aliphatic heterocycles. The third kappa shape index (κ3) is 3.62. The van der Waals surface area contributed by atoms with Crippen molar-refractivity contribution in [2.24, 2.45) is 0 Å². The van der Waals surface area contributed by atoms with Crippen LogP contribution in [-0.4, -0.2) is 13.0 Å². The van der Waals surface area contributed by atoms with Gasteiger partial charge in [-0.25, -0.2) is 0 Å². The highest BCUT2D eigenvalue weighted by Crippen LogP contribution is 2.29. The van der Waals surface area contributed by atoms with Gasteiger partial charge in [0.25, 0.3) is 5.91 Å². The number of ether oxygens (including phenoxy) is 1. The number of hydrogen-bond acceptors (Lipinski definition) is 2. The Morgan fingerprint density at radius 3 is 2.35 bits per heavy atom. The molecule has 0 radical (unpaired) electrons. The molecule has 1 amide bonds. The summed E-state index contributed by atoms with van der Waals surface area (Å²) in [6, 6.07) is 10.8. The van der Waals surface area contributed by atoms with Gasteiger partial charge >= 0.3 is 0 Å². The monoisotopic (exact) mass is 461 g/mol. The number of nitrogens with one attached hydrogen (secondary N) is 1. The van der Waals surface area contributed by atoms with Crippen molar-refractivity contribution in [2.45, 2.75) is 0 Å². The molecule has 2 aromatic rings. The van der Waals surface area contributed by atoms with Gasteiger partial charge in [0.15, 0.2) is 0 Å². The lowest BCUT2D eigenvalue weighted by Crippen LogP contribution is -2.13. The summed E-state index contributed by atoms with van der Waals surface area (Å²) < 4.78 is 7.72. The number of anilines is 1. The predicted molar refractivity (Wildman–Crippen MR) is 90.5 cm³/mol. The van der Waals surface area contributed by atoms with Crippen molar-refractivity contribution in [1.29, 1.82) is 0 Å². The maximum Gasteiger partial charge on any atom is 0.256 e. The van der Waals surface area contributed by atoms with Crippen molar-refractivity contribution >= 4 is 59.4 Å². The summed E-state index contributed by atoms with van der Waals surface area (Å²) in [5.41, 5.74) is 1.16. The molecule has 20 heavy (non-hydrogen) atoms. The molecule has 0 atom stereocenters. The van der Waals surface area contributed by atoms with E-state index in [0.717, 1.165) is 13.4 Å². The van der Waals surface area contributed by atoms with Gasteiger partial charge in [0, 0.05) is 13.4 Å². The Labute approximate surface area is 142 Å². The fraction of sp³-hybridized carbons (Fsp3) is 0.0714. The zero-order valence-corrected chi connectivity index (χ0v) is 15.2. The first kappa shape index (κ1) is 15.5. The Morgan fingerprint density at radius 2 is 1.70 bits per heavy atom. The zero-order valence-electron chi connectivity index (χ0n) is 10.4. The van der Waals surface area contributed by atoms with Crippen LogP contribution in [0.15, 0.2) is 49.8 Å². The van der Waals surface area contributed by atoms with Crippen LogP contribution in [0.3, 0.4) is 0 Å². The number of halogens is 3. The number of amides is 1. The highest BCUT2D eigenvalue weighted by atomic mass is 79.9. The van der Waals surface area contributed by atoms with Crippen LogP contribution in [0.25, 0.3) is 0 Å². The third-order valence-corrected chi connectivity index (χ3v) is 4.23. The van der Waals surface area contributed by atoms with Crippen LogP contribution in [0.4, 0.5) is 5.69 Å². The second-order valence-electron chi connectivity index (χ2n) is 3.92. The Hall–Kier alpha value is -0.850. The molecular formula is C14H10Br3NO2. The number of benzene rings is 2. The summed E-state index contributed by atoms with van der Waals surface area (Å²) in [7, 11) is 1.56. The molecule has 1 N–H and O–H groups in total. The zero-order chi connectivity index (χ0) is 14.7. The normalized spacial score (nSPS) is 10.2. The van der Waals surface area contributed by atoms with Gasteiger partial charge < -0.3 is 10.1 Å². The molecule has 0 aliphatic carbocycles. The molecule has 3 nitrogen and oxygen atoms in total. The molecule has 0 spiro atoms. The van der Waals surface area contributed by atoms with Crippen LogP contribution in [0.5, 0.6) is 5.75 Å². The predicted octanol–water partition coefficient (Wildman–Crippen LogP) is 5.24. The van der Waals surface area contributed by atoms with Crippen molar-refractivity contribution in [3.05, 3.63) is 55.4 Å². The van der Waals surface area contributed by atoms with Gasteiger partial charge in [-0.2, -0.15) is 0 Å². The minimum atomic E-state index is -0.208. The number of carbonyl (C=O) groups excluding carboxylic acids is 1. The average molecular weight is 464 g/mol. The van der Waals surface area contributed by atoms with Gasteiger partial charge in [0.2, 0.25) is 0 Å². The fourth-order valence-corrected chi connectivity index (χ4v) is 3.23. The van der Waals surface area contributed by atoms with Crippen molar-refractivity contribution in [1.82, 2.24) is 0 Å². The summed E-state index contributed by atoms with van der Waals surface area (Å²) in [5, 5.41) is 2.84.